The minimum absolute atomic E-state index is 0.195. The second kappa shape index (κ2) is 8.17. The molecule has 0 spiro atoms. The van der Waals surface area contributed by atoms with E-state index in [2.05, 4.69) is 6.07 Å². The third-order valence-electron chi connectivity index (χ3n) is 4.08. The first-order valence-electron chi connectivity index (χ1n) is 7.73. The summed E-state index contributed by atoms with van der Waals surface area (Å²) < 4.78 is 0. The minimum Gasteiger partial charge on any atom is -0.386 e. The van der Waals surface area contributed by atoms with Crippen molar-refractivity contribution in [2.75, 3.05) is 7.05 Å². The maximum absolute atomic E-state index is 10.5. The van der Waals surface area contributed by atoms with Crippen molar-refractivity contribution in [2.24, 2.45) is 0 Å². The minimum atomic E-state index is -0.644. The molecule has 0 saturated heterocycles. The topological polar surface area (TPSA) is 47.3 Å². The maximum atomic E-state index is 10.5. The van der Waals surface area contributed by atoms with Crippen LogP contribution in [-0.2, 0) is 6.42 Å². The van der Waals surface area contributed by atoms with Crippen molar-refractivity contribution < 1.29 is 5.11 Å². The van der Waals surface area contributed by atoms with Crippen LogP contribution < -0.4 is 0 Å². The molecular formula is C20H22N2O. The van der Waals surface area contributed by atoms with Crippen LogP contribution in [0.1, 0.15) is 24.2 Å². The zero-order valence-corrected chi connectivity index (χ0v) is 13.6. The van der Waals surface area contributed by atoms with Gasteiger partial charge in [0.1, 0.15) is 11.8 Å². The Morgan fingerprint density at radius 2 is 1.70 bits per heavy atom. The Morgan fingerprint density at radius 3 is 2.26 bits per heavy atom. The fourth-order valence-electron chi connectivity index (χ4n) is 2.46. The molecule has 23 heavy (non-hydrogen) atoms. The van der Waals surface area contributed by atoms with E-state index in [1.54, 1.807) is 0 Å². The SMILES string of the molecule is CC(C(O)c1ccccc1)N(C)/C(C#N)=C/Cc1ccccc1. The van der Waals surface area contributed by atoms with Crippen LogP contribution in [0.5, 0.6) is 0 Å². The number of aliphatic hydroxyl groups excluding tert-OH is 1. The van der Waals surface area contributed by atoms with E-state index in [0.717, 1.165) is 11.1 Å². The molecule has 3 heteroatoms. The van der Waals surface area contributed by atoms with Crippen molar-refractivity contribution in [3.63, 3.8) is 0 Å². The van der Waals surface area contributed by atoms with Crippen molar-refractivity contribution >= 4 is 0 Å². The smallest absolute Gasteiger partial charge is 0.117 e. The Balaban J connectivity index is 2.09. The number of aliphatic hydroxyl groups is 1. The number of nitrogens with zero attached hydrogens (tertiary/aromatic N) is 2. The zero-order chi connectivity index (χ0) is 16.7. The van der Waals surface area contributed by atoms with Crippen LogP contribution in [0.4, 0.5) is 0 Å². The molecule has 3 nitrogen and oxygen atoms in total. The molecule has 0 amide bonds. The molecular weight excluding hydrogens is 284 g/mol. The molecule has 118 valence electrons. The van der Waals surface area contributed by atoms with E-state index in [4.69, 9.17) is 0 Å². The van der Waals surface area contributed by atoms with Crippen molar-refractivity contribution in [2.45, 2.75) is 25.5 Å². The predicted molar refractivity (Wildman–Crippen MR) is 92.5 cm³/mol. The van der Waals surface area contributed by atoms with Gasteiger partial charge in [-0.3, -0.25) is 0 Å². The van der Waals surface area contributed by atoms with E-state index < -0.39 is 6.10 Å². The number of benzene rings is 2. The van der Waals surface area contributed by atoms with E-state index in [0.29, 0.717) is 12.1 Å². The molecule has 2 atom stereocenters. The van der Waals surface area contributed by atoms with Gasteiger partial charge in [-0.1, -0.05) is 60.7 Å². The second-order valence-electron chi connectivity index (χ2n) is 5.60. The van der Waals surface area contributed by atoms with Gasteiger partial charge in [-0.2, -0.15) is 5.26 Å². The molecule has 0 radical (unpaired) electrons. The summed E-state index contributed by atoms with van der Waals surface area (Å²) in [6, 6.07) is 21.6. The van der Waals surface area contributed by atoms with E-state index in [-0.39, 0.29) is 6.04 Å². The fraction of sp³-hybridized carbons (Fsp3) is 0.250. The summed E-state index contributed by atoms with van der Waals surface area (Å²) in [5, 5.41) is 19.9. The number of rotatable bonds is 6. The van der Waals surface area contributed by atoms with Gasteiger partial charge in [-0.15, -0.1) is 0 Å². The Bertz CT molecular complexity index is 674. The zero-order valence-electron chi connectivity index (χ0n) is 13.6. The molecule has 2 aromatic rings. The Kier molecular flexibility index (Phi) is 5.96. The lowest BCUT2D eigenvalue weighted by Gasteiger charge is -2.30. The number of likely N-dealkylation sites (N-methyl/N-ethyl adjacent to an activating group) is 1. The molecule has 0 heterocycles. The van der Waals surface area contributed by atoms with Gasteiger partial charge < -0.3 is 10.0 Å². The summed E-state index contributed by atoms with van der Waals surface area (Å²) in [4.78, 5) is 1.83. The first-order valence-corrected chi connectivity index (χ1v) is 7.73. The molecule has 1 N–H and O–H groups in total. The van der Waals surface area contributed by atoms with E-state index in [1.807, 2.05) is 85.6 Å². The largest absolute Gasteiger partial charge is 0.386 e. The highest BCUT2D eigenvalue weighted by molar-refractivity contribution is 5.26. The predicted octanol–water partition coefficient (Wildman–Crippen LogP) is 3.69. The van der Waals surface area contributed by atoms with Crippen molar-refractivity contribution in [3.05, 3.63) is 83.6 Å². The first-order chi connectivity index (χ1) is 11.1. The standard InChI is InChI=1S/C20H22N2O/c1-16(20(23)18-11-7-4-8-12-18)22(2)19(15-21)14-13-17-9-5-3-6-10-17/h3-12,14,16,20,23H,13H2,1-2H3/b19-14+. The second-order valence-corrected chi connectivity index (χ2v) is 5.60. The molecule has 2 rings (SSSR count). The van der Waals surface area contributed by atoms with Crippen molar-refractivity contribution in [1.82, 2.24) is 4.90 Å². The Morgan fingerprint density at radius 1 is 1.13 bits per heavy atom. The van der Waals surface area contributed by atoms with Crippen LogP contribution in [0.3, 0.4) is 0 Å². The molecule has 0 aromatic heterocycles. The highest BCUT2D eigenvalue weighted by Gasteiger charge is 2.21. The lowest BCUT2D eigenvalue weighted by Crippen LogP contribution is -2.33. The van der Waals surface area contributed by atoms with Gasteiger partial charge in [-0.25, -0.2) is 0 Å². The van der Waals surface area contributed by atoms with Crippen LogP contribution in [0, 0.1) is 11.3 Å². The molecule has 0 aliphatic rings. The van der Waals surface area contributed by atoms with Crippen LogP contribution in [0.25, 0.3) is 0 Å². The van der Waals surface area contributed by atoms with Gasteiger partial charge in [0.25, 0.3) is 0 Å². The summed E-state index contributed by atoms with van der Waals surface area (Å²) in [6.45, 7) is 1.92. The molecule has 2 unspecified atom stereocenters. The third-order valence-corrected chi connectivity index (χ3v) is 4.08. The summed E-state index contributed by atoms with van der Waals surface area (Å²) >= 11 is 0. The van der Waals surface area contributed by atoms with Gasteiger partial charge in [0.2, 0.25) is 0 Å². The average Bonchev–Trinajstić information content (AvgIpc) is 2.62. The van der Waals surface area contributed by atoms with Crippen molar-refractivity contribution in [3.8, 4) is 6.07 Å². The highest BCUT2D eigenvalue weighted by Crippen LogP contribution is 2.22. The van der Waals surface area contributed by atoms with Crippen LogP contribution in [0.2, 0.25) is 0 Å². The molecule has 2 aromatic carbocycles. The molecule has 0 aliphatic heterocycles. The van der Waals surface area contributed by atoms with Gasteiger partial charge >= 0.3 is 0 Å². The molecule has 0 aliphatic carbocycles. The number of hydrogen-bond donors (Lipinski definition) is 1. The van der Waals surface area contributed by atoms with Gasteiger partial charge in [0.15, 0.2) is 0 Å². The first kappa shape index (κ1) is 16.8. The molecule has 0 bridgehead atoms. The van der Waals surface area contributed by atoms with Crippen LogP contribution in [-0.4, -0.2) is 23.1 Å². The van der Waals surface area contributed by atoms with Gasteiger partial charge in [-0.05, 0) is 30.5 Å². The monoisotopic (exact) mass is 306 g/mol. The molecule has 0 fully saturated rings. The van der Waals surface area contributed by atoms with Crippen LogP contribution in [0.15, 0.2) is 72.4 Å². The van der Waals surface area contributed by atoms with E-state index in [9.17, 15) is 10.4 Å². The van der Waals surface area contributed by atoms with E-state index >= 15 is 0 Å². The summed E-state index contributed by atoms with van der Waals surface area (Å²) in [5.74, 6) is 0. The summed E-state index contributed by atoms with van der Waals surface area (Å²) in [7, 11) is 1.84. The van der Waals surface area contributed by atoms with Crippen molar-refractivity contribution in [1.29, 1.82) is 5.26 Å². The Hall–Kier alpha value is -2.57. The number of nitriles is 1. The van der Waals surface area contributed by atoms with E-state index in [1.165, 1.54) is 0 Å². The number of hydrogen-bond acceptors (Lipinski definition) is 3. The summed E-state index contributed by atoms with van der Waals surface area (Å²) in [5.41, 5.74) is 2.58. The summed E-state index contributed by atoms with van der Waals surface area (Å²) in [6.07, 6.45) is 1.96. The Labute approximate surface area is 138 Å². The lowest BCUT2D eigenvalue weighted by atomic mass is 10.0. The molecule has 0 saturated carbocycles. The normalized spacial score (nSPS) is 13.9. The lowest BCUT2D eigenvalue weighted by molar-refractivity contribution is 0.0912. The average molecular weight is 306 g/mol. The van der Waals surface area contributed by atoms with Gasteiger partial charge in [0, 0.05) is 7.05 Å². The fourth-order valence-corrected chi connectivity index (χ4v) is 2.46. The van der Waals surface area contributed by atoms with Crippen LogP contribution >= 0.6 is 0 Å². The quantitative estimate of drug-likeness (QED) is 0.828. The third kappa shape index (κ3) is 4.45. The highest BCUT2D eigenvalue weighted by atomic mass is 16.3. The number of allylic oxidation sites excluding steroid dienone is 2. The maximum Gasteiger partial charge on any atom is 0.117 e. The van der Waals surface area contributed by atoms with Gasteiger partial charge in [0.05, 0.1) is 12.1 Å².